The number of carbonyl (C=O) groups excluding carboxylic acids is 1. The molecule has 6 nitrogen and oxygen atoms in total. The number of amides is 2. The Labute approximate surface area is 137 Å². The number of rotatable bonds is 3. The molecule has 0 saturated heterocycles. The Morgan fingerprint density at radius 1 is 1.17 bits per heavy atom. The van der Waals surface area contributed by atoms with E-state index >= 15 is 0 Å². The van der Waals surface area contributed by atoms with Crippen molar-refractivity contribution in [2.45, 2.75) is 6.92 Å². The van der Waals surface area contributed by atoms with Crippen molar-refractivity contribution in [3.63, 3.8) is 0 Å². The second kappa shape index (κ2) is 6.41. The number of benzene rings is 2. The summed E-state index contributed by atoms with van der Waals surface area (Å²) >= 11 is 0. The zero-order chi connectivity index (χ0) is 17.1. The maximum absolute atomic E-state index is 13.5. The van der Waals surface area contributed by atoms with Gasteiger partial charge in [0.25, 0.3) is 0 Å². The lowest BCUT2D eigenvalue weighted by molar-refractivity contribution is 0.262. The van der Waals surface area contributed by atoms with Gasteiger partial charge in [-0.2, -0.15) is 0 Å². The number of aryl methyl sites for hydroxylation is 1. The first-order chi connectivity index (χ1) is 11.5. The van der Waals surface area contributed by atoms with Gasteiger partial charge >= 0.3 is 6.03 Å². The van der Waals surface area contributed by atoms with Gasteiger partial charge in [-0.1, -0.05) is 18.2 Å². The van der Waals surface area contributed by atoms with Gasteiger partial charge in [-0.3, -0.25) is 0 Å². The molecule has 0 aliphatic rings. The van der Waals surface area contributed by atoms with Gasteiger partial charge in [0.05, 0.1) is 11.9 Å². The number of imidazole rings is 1. The summed E-state index contributed by atoms with van der Waals surface area (Å²) in [4.78, 5) is 18.9. The molecule has 3 aromatic rings. The third-order valence-electron chi connectivity index (χ3n) is 3.46. The largest absolute Gasteiger partial charge is 0.369 e. The van der Waals surface area contributed by atoms with Crippen molar-refractivity contribution < 1.29 is 9.18 Å². The maximum Gasteiger partial charge on any atom is 0.323 e. The van der Waals surface area contributed by atoms with Gasteiger partial charge in [0.2, 0.25) is 0 Å². The summed E-state index contributed by atoms with van der Waals surface area (Å²) in [6.45, 7) is 1.66. The molecule has 24 heavy (non-hydrogen) atoms. The molecule has 1 heterocycles. The number of hydrogen-bond acceptors (Lipinski definition) is 3. The number of aromatic amines is 1. The van der Waals surface area contributed by atoms with Crippen LogP contribution < -0.4 is 16.4 Å². The highest BCUT2D eigenvalue weighted by Crippen LogP contribution is 2.22. The van der Waals surface area contributed by atoms with E-state index < -0.39 is 6.03 Å². The predicted octanol–water partition coefficient (Wildman–Crippen LogP) is 3.75. The summed E-state index contributed by atoms with van der Waals surface area (Å²) in [7, 11) is 0. The Morgan fingerprint density at radius 3 is 2.58 bits per heavy atom. The summed E-state index contributed by atoms with van der Waals surface area (Å²) in [6, 6.07) is 11.3. The monoisotopic (exact) mass is 325 g/mol. The minimum Gasteiger partial charge on any atom is -0.369 e. The molecular weight excluding hydrogens is 309 g/mol. The van der Waals surface area contributed by atoms with Crippen molar-refractivity contribution in [2.75, 3.05) is 16.4 Å². The number of anilines is 3. The minimum absolute atomic E-state index is 0.322. The van der Waals surface area contributed by atoms with Gasteiger partial charge in [-0.25, -0.2) is 14.2 Å². The van der Waals surface area contributed by atoms with Crippen LogP contribution in [-0.4, -0.2) is 16.0 Å². The van der Waals surface area contributed by atoms with Crippen LogP contribution in [0.4, 0.5) is 26.5 Å². The van der Waals surface area contributed by atoms with Crippen molar-refractivity contribution >= 4 is 23.4 Å². The van der Waals surface area contributed by atoms with Crippen LogP contribution in [0.3, 0.4) is 0 Å². The molecule has 7 heteroatoms. The van der Waals surface area contributed by atoms with Gasteiger partial charge in [0.1, 0.15) is 5.82 Å². The standard InChI is InChI=1S/C17H16FN5O/c1-10-5-6-13(8-14(10)18)22-17(24)21-12-4-2-3-11(7-12)15-9-20-16(19)23-15/h2-9H,1H3,(H3,19,20,23)(H2,21,22,24). The molecule has 3 rings (SSSR count). The van der Waals surface area contributed by atoms with Crippen LogP contribution >= 0.6 is 0 Å². The highest BCUT2D eigenvalue weighted by molar-refractivity contribution is 6.00. The number of nitrogens with zero attached hydrogens (tertiary/aromatic N) is 1. The van der Waals surface area contributed by atoms with Crippen LogP contribution in [-0.2, 0) is 0 Å². The van der Waals surface area contributed by atoms with Crippen LogP contribution in [0.15, 0.2) is 48.7 Å². The quantitative estimate of drug-likeness (QED) is 0.590. The molecule has 0 spiro atoms. The number of nitrogen functional groups attached to an aromatic ring is 1. The van der Waals surface area contributed by atoms with Crippen LogP contribution in [0.25, 0.3) is 11.3 Å². The second-order valence-corrected chi connectivity index (χ2v) is 5.31. The highest BCUT2D eigenvalue weighted by Gasteiger charge is 2.07. The maximum atomic E-state index is 13.5. The number of urea groups is 1. The van der Waals surface area contributed by atoms with E-state index in [9.17, 15) is 9.18 Å². The number of nitrogens with two attached hydrogens (primary N) is 1. The van der Waals surface area contributed by atoms with Crippen LogP contribution in [0.2, 0.25) is 0 Å². The molecule has 0 radical (unpaired) electrons. The number of aromatic nitrogens is 2. The van der Waals surface area contributed by atoms with E-state index in [1.807, 2.05) is 6.07 Å². The normalized spacial score (nSPS) is 10.4. The van der Waals surface area contributed by atoms with Crippen molar-refractivity contribution in [3.8, 4) is 11.3 Å². The van der Waals surface area contributed by atoms with Crippen molar-refractivity contribution in [3.05, 3.63) is 60.0 Å². The molecule has 5 N–H and O–H groups in total. The molecule has 122 valence electrons. The summed E-state index contributed by atoms with van der Waals surface area (Å²) in [5.74, 6) is -0.0471. The molecule has 2 amide bonds. The highest BCUT2D eigenvalue weighted by atomic mass is 19.1. The van der Waals surface area contributed by atoms with Gasteiger partial charge in [-0.05, 0) is 36.8 Å². The predicted molar refractivity (Wildman–Crippen MR) is 92.2 cm³/mol. The number of hydrogen-bond donors (Lipinski definition) is 4. The molecule has 0 saturated carbocycles. The third-order valence-corrected chi connectivity index (χ3v) is 3.46. The van der Waals surface area contributed by atoms with E-state index in [2.05, 4.69) is 20.6 Å². The number of H-pyrrole nitrogens is 1. The summed E-state index contributed by atoms with van der Waals surface area (Å²) < 4.78 is 13.5. The Bertz CT molecular complexity index is 890. The Hall–Kier alpha value is -3.35. The van der Waals surface area contributed by atoms with E-state index in [0.717, 1.165) is 11.3 Å². The van der Waals surface area contributed by atoms with Crippen molar-refractivity contribution in [1.82, 2.24) is 9.97 Å². The Morgan fingerprint density at radius 2 is 1.92 bits per heavy atom. The summed E-state index contributed by atoms with van der Waals surface area (Å²) in [5.41, 5.74) is 8.64. The van der Waals surface area contributed by atoms with E-state index in [-0.39, 0.29) is 5.82 Å². The topological polar surface area (TPSA) is 95.8 Å². The minimum atomic E-state index is -0.459. The summed E-state index contributed by atoms with van der Waals surface area (Å²) in [5, 5.41) is 5.29. The molecule has 2 aromatic carbocycles. The fraction of sp³-hybridized carbons (Fsp3) is 0.0588. The van der Waals surface area contributed by atoms with Crippen molar-refractivity contribution in [2.24, 2.45) is 0 Å². The lowest BCUT2D eigenvalue weighted by atomic mass is 10.1. The zero-order valence-electron chi connectivity index (χ0n) is 12.9. The molecule has 0 atom stereocenters. The molecular formula is C17H16FN5O. The van der Waals surface area contributed by atoms with Crippen molar-refractivity contribution in [1.29, 1.82) is 0 Å². The average Bonchev–Trinajstić information content (AvgIpc) is 2.98. The van der Waals surface area contributed by atoms with Crippen LogP contribution in [0.1, 0.15) is 5.56 Å². The smallest absolute Gasteiger partial charge is 0.323 e. The average molecular weight is 325 g/mol. The van der Waals surface area contributed by atoms with Gasteiger partial charge in [-0.15, -0.1) is 0 Å². The first-order valence-corrected chi connectivity index (χ1v) is 7.26. The zero-order valence-corrected chi connectivity index (χ0v) is 12.9. The lowest BCUT2D eigenvalue weighted by Crippen LogP contribution is -2.19. The lowest BCUT2D eigenvalue weighted by Gasteiger charge is -2.09. The second-order valence-electron chi connectivity index (χ2n) is 5.31. The fourth-order valence-electron chi connectivity index (χ4n) is 2.21. The number of halogens is 1. The van der Waals surface area contributed by atoms with Crippen LogP contribution in [0.5, 0.6) is 0 Å². The van der Waals surface area contributed by atoms with Gasteiger partial charge in [0, 0.05) is 16.9 Å². The molecule has 1 aromatic heterocycles. The molecule has 0 unspecified atom stereocenters. The van der Waals surface area contributed by atoms with Gasteiger partial charge in [0.15, 0.2) is 5.95 Å². The molecule has 0 fully saturated rings. The summed E-state index contributed by atoms with van der Waals surface area (Å²) in [6.07, 6.45) is 1.61. The van der Waals surface area contributed by atoms with E-state index in [1.54, 1.807) is 43.5 Å². The SMILES string of the molecule is Cc1ccc(NC(=O)Nc2cccc(-c3cnc(N)[nH]3)c2)cc1F. The molecule has 0 aliphatic heterocycles. The third kappa shape index (κ3) is 3.52. The van der Waals surface area contributed by atoms with E-state index in [4.69, 9.17) is 5.73 Å². The Balaban J connectivity index is 1.71. The first-order valence-electron chi connectivity index (χ1n) is 7.26. The molecule has 0 bridgehead atoms. The number of nitrogens with one attached hydrogen (secondary N) is 3. The number of carbonyl (C=O) groups is 1. The first kappa shape index (κ1) is 15.5. The van der Waals surface area contributed by atoms with E-state index in [1.165, 1.54) is 6.07 Å². The van der Waals surface area contributed by atoms with Gasteiger partial charge < -0.3 is 21.4 Å². The fourth-order valence-corrected chi connectivity index (χ4v) is 2.21. The molecule has 0 aliphatic carbocycles. The van der Waals surface area contributed by atoms with E-state index in [0.29, 0.717) is 22.9 Å². The van der Waals surface area contributed by atoms with Crippen LogP contribution in [0, 0.1) is 12.7 Å². The Kier molecular flexibility index (Phi) is 4.15.